The van der Waals surface area contributed by atoms with Gasteiger partial charge in [0.05, 0.1) is 0 Å². The Labute approximate surface area is 719 Å². The van der Waals surface area contributed by atoms with E-state index in [-0.39, 0.29) is 21.7 Å². The molecular formula is C120H84O4. The lowest BCUT2D eigenvalue weighted by molar-refractivity contribution is 0.601. The Morgan fingerprint density at radius 2 is 0.403 bits per heavy atom. The zero-order valence-corrected chi connectivity index (χ0v) is 70.3. The van der Waals surface area contributed by atoms with Crippen molar-refractivity contribution in [2.24, 2.45) is 0 Å². The van der Waals surface area contributed by atoms with Gasteiger partial charge in [-0.15, -0.1) is 0 Å². The molecule has 4 heteroatoms. The van der Waals surface area contributed by atoms with Gasteiger partial charge in [-0.05, 0) is 287 Å². The highest BCUT2D eigenvalue weighted by molar-refractivity contribution is 6.14. The van der Waals surface area contributed by atoms with E-state index in [0.717, 1.165) is 87.8 Å². The lowest BCUT2D eigenvalue weighted by Crippen LogP contribution is -2.24. The van der Waals surface area contributed by atoms with E-state index in [4.69, 9.17) is 17.7 Å². The average molecular weight is 1590 g/mol. The summed E-state index contributed by atoms with van der Waals surface area (Å²) in [5, 5.41) is 9.19. The molecule has 588 valence electrons. The molecule has 0 fully saturated rings. The van der Waals surface area contributed by atoms with Crippen LogP contribution in [-0.2, 0) is 21.7 Å². The summed E-state index contributed by atoms with van der Waals surface area (Å²) in [6.07, 6.45) is 0. The molecule has 18 aromatic carbocycles. The normalized spacial score (nSPS) is 14.4. The van der Waals surface area contributed by atoms with Crippen LogP contribution < -0.4 is 0 Å². The molecule has 0 saturated carbocycles. The molecule has 0 amide bonds. The summed E-state index contributed by atoms with van der Waals surface area (Å²) in [4.78, 5) is 0. The van der Waals surface area contributed by atoms with Crippen LogP contribution in [0.2, 0.25) is 0 Å². The van der Waals surface area contributed by atoms with Gasteiger partial charge in [0.1, 0.15) is 44.7 Å². The molecule has 0 saturated heterocycles. The topological polar surface area (TPSA) is 52.6 Å². The summed E-state index contributed by atoms with van der Waals surface area (Å²) in [5.74, 6) is 0. The Bertz CT molecular complexity index is 8090. The highest BCUT2D eigenvalue weighted by atomic mass is 16.3. The predicted molar refractivity (Wildman–Crippen MR) is 516 cm³/mol. The number of rotatable bonds is 8. The number of benzene rings is 18. The van der Waals surface area contributed by atoms with Gasteiger partial charge in [0, 0.05) is 64.7 Å². The molecule has 0 aliphatic heterocycles. The molecule has 4 aliphatic rings. The molecule has 0 spiro atoms. The van der Waals surface area contributed by atoms with Crippen molar-refractivity contribution in [1.29, 1.82) is 0 Å². The molecular weight excluding hydrogens is 1510 g/mol. The minimum atomic E-state index is -0.300. The van der Waals surface area contributed by atoms with Crippen LogP contribution in [0.3, 0.4) is 0 Å². The van der Waals surface area contributed by atoms with E-state index < -0.39 is 0 Å². The molecule has 0 unspecified atom stereocenters. The first-order valence-electron chi connectivity index (χ1n) is 43.5. The SMILES string of the molecule is CC1(C)c2cc(-c3ccc4oc5ccccc5c4c3)ccc2-c2c(-c3ccccc3)c(-c3ccccc3)c3c(c21)C(C)(C)c1cc(-c2ccc4oc5ccccc5c4c2)ccc1-3.CC1(C)c2cc(-c3ccc4oc5ccccc5c4c3)ccc2-c2cc(-c3cccc(-c4ccccc4)c3)c3c(c21)C(C)(C)c1cc(-c2ccc4oc5ccccc5c4c2)ccc1-3. The number of hydrogen-bond donors (Lipinski definition) is 0. The number of para-hydroxylation sites is 4. The predicted octanol–water partition coefficient (Wildman–Crippen LogP) is 33.5. The maximum Gasteiger partial charge on any atom is 0.135 e. The fourth-order valence-corrected chi connectivity index (χ4v) is 22.5. The zero-order valence-electron chi connectivity index (χ0n) is 70.3. The molecule has 124 heavy (non-hydrogen) atoms. The van der Waals surface area contributed by atoms with Crippen molar-refractivity contribution in [2.75, 3.05) is 0 Å². The van der Waals surface area contributed by atoms with Crippen molar-refractivity contribution in [3.63, 3.8) is 0 Å². The van der Waals surface area contributed by atoms with Gasteiger partial charge in [0.25, 0.3) is 0 Å². The Morgan fingerprint density at radius 1 is 0.145 bits per heavy atom. The van der Waals surface area contributed by atoms with E-state index in [9.17, 15) is 0 Å². The van der Waals surface area contributed by atoms with Gasteiger partial charge in [-0.25, -0.2) is 0 Å². The van der Waals surface area contributed by atoms with Gasteiger partial charge in [0.15, 0.2) is 0 Å². The third-order valence-corrected chi connectivity index (χ3v) is 28.4. The molecule has 4 nitrogen and oxygen atoms in total. The minimum absolute atomic E-state index is 0.253. The minimum Gasteiger partial charge on any atom is -0.456 e. The Balaban J connectivity index is 0.000000136. The van der Waals surface area contributed by atoms with Crippen LogP contribution in [0.4, 0.5) is 0 Å². The second-order valence-electron chi connectivity index (χ2n) is 36.8. The summed E-state index contributed by atoms with van der Waals surface area (Å²) in [5.41, 5.74) is 47.8. The van der Waals surface area contributed by atoms with E-state index in [2.05, 4.69) is 395 Å². The number of fused-ring (bicyclic) bond motifs is 26. The van der Waals surface area contributed by atoms with Gasteiger partial charge in [-0.1, -0.05) is 310 Å². The first-order valence-corrected chi connectivity index (χ1v) is 43.5. The van der Waals surface area contributed by atoms with Gasteiger partial charge in [-0.3, -0.25) is 0 Å². The van der Waals surface area contributed by atoms with Crippen LogP contribution >= 0.6 is 0 Å². The standard InChI is InChI=1S/2C60H42O2/c1-59(2)47-33-39(37-25-29-51-45(31-37)41-19-11-13-21-49(41)61-51)23-27-43(47)55-53(35-15-7-5-8-16-35)54(36-17-9-6-10-18-36)56-44-28-24-40(34-48(44)60(3,4)58(56)57(55)59)38-26-30-52-46(32-38)42-20-12-14-22-50(42)62-52;1-59(2)50-32-39(37-23-27-54-47(30-37)43-17-8-10-19-52(43)61-54)21-25-42(50)49-34-46(41-16-12-15-36(29-41)35-13-6-5-7-14-35)56-45-26-22-40(33-51(45)60(3,4)58(56)57(49)59)38-24-28-55-48(31-38)44-18-9-11-20-53(44)62-55/h2*5-34H,1-4H3. The Kier molecular flexibility index (Phi) is 15.3. The first kappa shape index (κ1) is 72.0. The lowest BCUT2D eigenvalue weighted by atomic mass is 9.70. The molecule has 22 aromatic rings. The molecule has 4 aliphatic carbocycles. The Morgan fingerprint density at radius 3 is 0.774 bits per heavy atom. The molecule has 4 heterocycles. The Hall–Kier alpha value is -14.8. The van der Waals surface area contributed by atoms with Crippen molar-refractivity contribution in [1.82, 2.24) is 0 Å². The molecule has 4 aromatic heterocycles. The quantitative estimate of drug-likeness (QED) is 0.152. The summed E-state index contributed by atoms with van der Waals surface area (Å²) < 4.78 is 24.9. The summed E-state index contributed by atoms with van der Waals surface area (Å²) in [7, 11) is 0. The number of hydrogen-bond acceptors (Lipinski definition) is 4. The number of furan rings is 4. The monoisotopic (exact) mass is 1590 g/mol. The van der Waals surface area contributed by atoms with E-state index >= 15 is 0 Å². The molecule has 26 rings (SSSR count). The first-order chi connectivity index (χ1) is 60.5. The summed E-state index contributed by atoms with van der Waals surface area (Å²) >= 11 is 0. The maximum atomic E-state index is 6.24. The third kappa shape index (κ3) is 10.5. The largest absolute Gasteiger partial charge is 0.456 e. The summed E-state index contributed by atoms with van der Waals surface area (Å²) in [6, 6.07) is 133. The van der Waals surface area contributed by atoms with Gasteiger partial charge in [0.2, 0.25) is 0 Å². The van der Waals surface area contributed by atoms with Crippen LogP contribution in [0.5, 0.6) is 0 Å². The van der Waals surface area contributed by atoms with E-state index in [1.807, 2.05) is 24.3 Å². The molecule has 0 radical (unpaired) electrons. The third-order valence-electron chi connectivity index (χ3n) is 28.4. The van der Waals surface area contributed by atoms with Crippen molar-refractivity contribution >= 4 is 87.8 Å². The van der Waals surface area contributed by atoms with Crippen molar-refractivity contribution in [3.05, 3.63) is 408 Å². The molecule has 0 N–H and O–H groups in total. The van der Waals surface area contributed by atoms with Crippen LogP contribution in [0.15, 0.2) is 382 Å². The van der Waals surface area contributed by atoms with Gasteiger partial charge < -0.3 is 17.7 Å². The van der Waals surface area contributed by atoms with E-state index in [1.165, 1.54) is 178 Å². The van der Waals surface area contributed by atoms with Gasteiger partial charge in [-0.2, -0.15) is 0 Å². The fourth-order valence-electron chi connectivity index (χ4n) is 22.5. The van der Waals surface area contributed by atoms with Gasteiger partial charge >= 0.3 is 0 Å². The van der Waals surface area contributed by atoms with Crippen LogP contribution in [0, 0.1) is 0 Å². The summed E-state index contributed by atoms with van der Waals surface area (Å²) in [6.45, 7) is 19.6. The smallest absolute Gasteiger partial charge is 0.135 e. The van der Waals surface area contributed by atoms with Crippen molar-refractivity contribution in [3.8, 4) is 134 Å². The second kappa shape index (κ2) is 26.3. The highest BCUT2D eigenvalue weighted by Crippen LogP contribution is 2.67. The van der Waals surface area contributed by atoms with Crippen molar-refractivity contribution in [2.45, 2.75) is 77.0 Å². The van der Waals surface area contributed by atoms with Crippen LogP contribution in [0.1, 0.15) is 99.9 Å². The fraction of sp³-hybridized carbons (Fsp3) is 0.100. The lowest BCUT2D eigenvalue weighted by Gasteiger charge is -2.33. The molecule has 0 atom stereocenters. The molecule has 0 bridgehead atoms. The highest BCUT2D eigenvalue weighted by Gasteiger charge is 2.51. The van der Waals surface area contributed by atoms with Crippen LogP contribution in [0.25, 0.3) is 221 Å². The second-order valence-corrected chi connectivity index (χ2v) is 36.8. The van der Waals surface area contributed by atoms with E-state index in [0.29, 0.717) is 0 Å². The zero-order chi connectivity index (χ0) is 83.0. The average Bonchev–Trinajstić information content (AvgIpc) is 1.51. The van der Waals surface area contributed by atoms with E-state index in [1.54, 1.807) is 0 Å². The van der Waals surface area contributed by atoms with Crippen molar-refractivity contribution < 1.29 is 17.7 Å². The van der Waals surface area contributed by atoms with Crippen LogP contribution in [-0.4, -0.2) is 0 Å². The maximum absolute atomic E-state index is 6.24.